The molecular weight excluding hydrogens is 204 g/mol. The maximum absolute atomic E-state index is 7.76. The van der Waals surface area contributed by atoms with Gasteiger partial charge in [0.1, 0.15) is 0 Å². The topological polar surface area (TPSA) is 45.5 Å². The van der Waals surface area contributed by atoms with Gasteiger partial charge in [-0.2, -0.15) is 0 Å². The lowest BCUT2D eigenvalue weighted by Crippen LogP contribution is -2.22. The van der Waals surface area contributed by atoms with E-state index in [1.165, 1.54) is 0 Å². The van der Waals surface area contributed by atoms with Crippen LogP contribution in [0.25, 0.3) is 0 Å². The molecule has 0 aromatic heterocycles. The first kappa shape index (κ1) is 12.4. The number of ether oxygens (including phenoxy) is 2. The molecule has 4 heteroatoms. The fourth-order valence-corrected chi connectivity index (χ4v) is 1.34. The Bertz CT molecular complexity index is 375. The van der Waals surface area contributed by atoms with Gasteiger partial charge in [0, 0.05) is 20.5 Å². The molecule has 1 aromatic rings. The molecule has 1 N–H and O–H groups in total. The van der Waals surface area contributed by atoms with E-state index in [0.29, 0.717) is 23.8 Å². The summed E-state index contributed by atoms with van der Waals surface area (Å²) in [5.74, 6) is 1.97. The zero-order valence-electron chi connectivity index (χ0n) is 10.2. The highest BCUT2D eigenvalue weighted by Gasteiger charge is 2.07. The minimum Gasteiger partial charge on any atom is -0.493 e. The van der Waals surface area contributed by atoms with E-state index in [9.17, 15) is 0 Å². The number of amidine groups is 1. The number of benzene rings is 1. The number of likely N-dealkylation sites (N-methyl/N-ethyl adjacent to an activating group) is 1. The molecule has 0 heterocycles. The summed E-state index contributed by atoms with van der Waals surface area (Å²) in [5, 5.41) is 7.76. The van der Waals surface area contributed by atoms with E-state index in [1.807, 2.05) is 32.3 Å². The molecule has 4 nitrogen and oxygen atoms in total. The van der Waals surface area contributed by atoms with Gasteiger partial charge >= 0.3 is 0 Å². The fraction of sp³-hybridized carbons (Fsp3) is 0.417. The molecule has 0 aliphatic rings. The molecule has 0 amide bonds. The van der Waals surface area contributed by atoms with E-state index in [2.05, 4.69) is 0 Å². The molecule has 0 atom stereocenters. The summed E-state index contributed by atoms with van der Waals surface area (Å²) >= 11 is 0. The SMILES string of the molecule is COc1ccc(CC(=N)N(C)C)cc1OC. The second-order valence-corrected chi connectivity index (χ2v) is 3.71. The fourth-order valence-electron chi connectivity index (χ4n) is 1.34. The molecule has 1 rings (SSSR count). The van der Waals surface area contributed by atoms with Gasteiger partial charge in [0.25, 0.3) is 0 Å². The third kappa shape index (κ3) is 2.89. The highest BCUT2D eigenvalue weighted by Crippen LogP contribution is 2.27. The lowest BCUT2D eigenvalue weighted by Gasteiger charge is -2.14. The van der Waals surface area contributed by atoms with Gasteiger partial charge in [-0.3, -0.25) is 5.41 Å². The van der Waals surface area contributed by atoms with Crippen molar-refractivity contribution in [2.24, 2.45) is 0 Å². The van der Waals surface area contributed by atoms with E-state index >= 15 is 0 Å². The normalized spacial score (nSPS) is 9.75. The van der Waals surface area contributed by atoms with Crippen LogP contribution in [-0.4, -0.2) is 39.1 Å². The summed E-state index contributed by atoms with van der Waals surface area (Å²) < 4.78 is 10.4. The van der Waals surface area contributed by atoms with E-state index in [-0.39, 0.29) is 0 Å². The molecule has 0 unspecified atom stereocenters. The summed E-state index contributed by atoms with van der Waals surface area (Å²) in [4.78, 5) is 1.79. The second kappa shape index (κ2) is 5.39. The van der Waals surface area contributed by atoms with Crippen molar-refractivity contribution in [1.29, 1.82) is 5.41 Å². The van der Waals surface area contributed by atoms with Crippen molar-refractivity contribution in [2.45, 2.75) is 6.42 Å². The number of methoxy groups -OCH3 is 2. The Morgan fingerprint density at radius 3 is 2.31 bits per heavy atom. The number of nitrogens with one attached hydrogen (secondary N) is 1. The Morgan fingerprint density at radius 1 is 1.19 bits per heavy atom. The summed E-state index contributed by atoms with van der Waals surface area (Å²) in [6, 6.07) is 5.70. The minimum atomic E-state index is 0.562. The Hall–Kier alpha value is -1.71. The Labute approximate surface area is 96.3 Å². The highest BCUT2D eigenvalue weighted by atomic mass is 16.5. The van der Waals surface area contributed by atoms with Gasteiger partial charge in [-0.15, -0.1) is 0 Å². The van der Waals surface area contributed by atoms with Crippen LogP contribution in [0.2, 0.25) is 0 Å². The summed E-state index contributed by atoms with van der Waals surface area (Å²) in [6.07, 6.45) is 0.591. The van der Waals surface area contributed by atoms with Crippen LogP contribution in [0.3, 0.4) is 0 Å². The maximum Gasteiger partial charge on any atom is 0.161 e. The number of hydrogen-bond acceptors (Lipinski definition) is 3. The predicted octanol–water partition coefficient (Wildman–Crippen LogP) is 1.79. The average Bonchev–Trinajstić information content (AvgIpc) is 2.28. The quantitative estimate of drug-likeness (QED) is 0.624. The van der Waals surface area contributed by atoms with Crippen LogP contribution in [0, 0.1) is 5.41 Å². The standard InChI is InChI=1S/C12H18N2O2/c1-14(2)12(13)8-9-5-6-10(15-3)11(7-9)16-4/h5-7,13H,8H2,1-4H3. The van der Waals surface area contributed by atoms with Crippen molar-refractivity contribution >= 4 is 5.84 Å². The van der Waals surface area contributed by atoms with Crippen molar-refractivity contribution in [2.75, 3.05) is 28.3 Å². The molecule has 0 radical (unpaired) electrons. The van der Waals surface area contributed by atoms with Crippen LogP contribution in [0.1, 0.15) is 5.56 Å². The molecular formula is C12H18N2O2. The zero-order valence-corrected chi connectivity index (χ0v) is 10.2. The van der Waals surface area contributed by atoms with Gasteiger partial charge in [0.15, 0.2) is 11.5 Å². The summed E-state index contributed by atoms with van der Waals surface area (Å²) in [6.45, 7) is 0. The monoisotopic (exact) mass is 222 g/mol. The van der Waals surface area contributed by atoms with Gasteiger partial charge < -0.3 is 14.4 Å². The zero-order chi connectivity index (χ0) is 12.1. The number of hydrogen-bond donors (Lipinski definition) is 1. The van der Waals surface area contributed by atoms with Crippen molar-refractivity contribution in [3.8, 4) is 11.5 Å². The smallest absolute Gasteiger partial charge is 0.161 e. The molecule has 16 heavy (non-hydrogen) atoms. The van der Waals surface area contributed by atoms with Gasteiger partial charge in [-0.05, 0) is 17.7 Å². The van der Waals surface area contributed by atoms with Crippen molar-refractivity contribution < 1.29 is 9.47 Å². The first-order valence-corrected chi connectivity index (χ1v) is 5.04. The van der Waals surface area contributed by atoms with Gasteiger partial charge in [0.2, 0.25) is 0 Å². The molecule has 0 spiro atoms. The summed E-state index contributed by atoms with van der Waals surface area (Å²) in [7, 11) is 6.95. The molecule has 0 saturated carbocycles. The van der Waals surface area contributed by atoms with E-state index < -0.39 is 0 Å². The third-order valence-corrected chi connectivity index (χ3v) is 2.36. The van der Waals surface area contributed by atoms with Gasteiger partial charge in [-0.25, -0.2) is 0 Å². The molecule has 0 aliphatic carbocycles. The average molecular weight is 222 g/mol. The third-order valence-electron chi connectivity index (χ3n) is 2.36. The van der Waals surface area contributed by atoms with E-state index in [4.69, 9.17) is 14.9 Å². The highest BCUT2D eigenvalue weighted by molar-refractivity contribution is 5.81. The molecule has 0 bridgehead atoms. The number of rotatable bonds is 4. The molecule has 0 aliphatic heterocycles. The molecule has 0 saturated heterocycles. The van der Waals surface area contributed by atoms with Crippen molar-refractivity contribution in [1.82, 2.24) is 4.90 Å². The maximum atomic E-state index is 7.76. The van der Waals surface area contributed by atoms with E-state index in [0.717, 1.165) is 5.56 Å². The van der Waals surface area contributed by atoms with Crippen LogP contribution < -0.4 is 9.47 Å². The van der Waals surface area contributed by atoms with Crippen LogP contribution in [0.5, 0.6) is 11.5 Å². The Kier molecular flexibility index (Phi) is 4.17. The predicted molar refractivity (Wildman–Crippen MR) is 64.7 cm³/mol. The van der Waals surface area contributed by atoms with Crippen LogP contribution >= 0.6 is 0 Å². The first-order valence-electron chi connectivity index (χ1n) is 5.04. The van der Waals surface area contributed by atoms with E-state index in [1.54, 1.807) is 19.1 Å². The van der Waals surface area contributed by atoms with Gasteiger partial charge in [-0.1, -0.05) is 6.07 Å². The van der Waals surface area contributed by atoms with Gasteiger partial charge in [0.05, 0.1) is 20.1 Å². The van der Waals surface area contributed by atoms with Crippen LogP contribution in [0.4, 0.5) is 0 Å². The molecule has 1 aromatic carbocycles. The number of nitrogens with zero attached hydrogens (tertiary/aromatic N) is 1. The van der Waals surface area contributed by atoms with Crippen molar-refractivity contribution in [3.05, 3.63) is 23.8 Å². The minimum absolute atomic E-state index is 0.562. The lowest BCUT2D eigenvalue weighted by molar-refractivity contribution is 0.354. The largest absolute Gasteiger partial charge is 0.493 e. The summed E-state index contributed by atoms with van der Waals surface area (Å²) in [5.41, 5.74) is 1.04. The second-order valence-electron chi connectivity index (χ2n) is 3.71. The van der Waals surface area contributed by atoms with Crippen LogP contribution in [-0.2, 0) is 6.42 Å². The molecule has 88 valence electrons. The molecule has 0 fully saturated rings. The van der Waals surface area contributed by atoms with Crippen LogP contribution in [0.15, 0.2) is 18.2 Å². The Balaban J connectivity index is 2.87. The van der Waals surface area contributed by atoms with Crippen molar-refractivity contribution in [3.63, 3.8) is 0 Å². The lowest BCUT2D eigenvalue weighted by atomic mass is 10.1. The Morgan fingerprint density at radius 2 is 1.81 bits per heavy atom. The first-order chi connectivity index (χ1) is 7.58.